The number of ether oxygens (including phenoxy) is 1. The van der Waals surface area contributed by atoms with Crippen LogP contribution in [-0.2, 0) is 4.74 Å². The number of halogens is 1. The van der Waals surface area contributed by atoms with Gasteiger partial charge in [0.15, 0.2) is 0 Å². The summed E-state index contributed by atoms with van der Waals surface area (Å²) in [5, 5.41) is 14.7. The van der Waals surface area contributed by atoms with Crippen LogP contribution in [-0.4, -0.2) is 24.3 Å². The van der Waals surface area contributed by atoms with Crippen LogP contribution in [0.3, 0.4) is 0 Å². The summed E-state index contributed by atoms with van der Waals surface area (Å²) in [5.74, 6) is 0. The Bertz CT molecular complexity index is 506. The summed E-state index contributed by atoms with van der Waals surface area (Å²) in [6, 6.07) is 9.02. The van der Waals surface area contributed by atoms with E-state index in [1.807, 2.05) is 24.3 Å². The summed E-state index contributed by atoms with van der Waals surface area (Å²) in [6.45, 7) is 5.52. The summed E-state index contributed by atoms with van der Waals surface area (Å²) >= 11 is 3.39. The van der Waals surface area contributed by atoms with Crippen LogP contribution in [0.15, 0.2) is 28.7 Å². The maximum Gasteiger partial charge on any atom is 0.407 e. The van der Waals surface area contributed by atoms with Gasteiger partial charge in [-0.2, -0.15) is 5.26 Å². The van der Waals surface area contributed by atoms with Crippen LogP contribution in [0.2, 0.25) is 0 Å². The van der Waals surface area contributed by atoms with Crippen LogP contribution in [0.5, 0.6) is 0 Å². The predicted molar refractivity (Wildman–Crippen MR) is 81.4 cm³/mol. The number of hydrogen-bond acceptors (Lipinski definition) is 4. The van der Waals surface area contributed by atoms with Crippen molar-refractivity contribution in [2.24, 2.45) is 0 Å². The molecule has 0 saturated heterocycles. The molecule has 1 amide bonds. The van der Waals surface area contributed by atoms with Gasteiger partial charge < -0.3 is 15.4 Å². The molecule has 1 aromatic rings. The fraction of sp³-hybridized carbons (Fsp3) is 0.429. The summed E-state index contributed by atoms with van der Waals surface area (Å²) in [7, 11) is 0. The quantitative estimate of drug-likeness (QED) is 0.882. The van der Waals surface area contributed by atoms with E-state index in [1.165, 1.54) is 0 Å². The van der Waals surface area contributed by atoms with Crippen LogP contribution < -0.4 is 10.6 Å². The van der Waals surface area contributed by atoms with Crippen molar-refractivity contribution >= 4 is 27.7 Å². The lowest BCUT2D eigenvalue weighted by atomic mass is 10.2. The van der Waals surface area contributed by atoms with Gasteiger partial charge >= 0.3 is 6.09 Å². The molecule has 20 heavy (non-hydrogen) atoms. The van der Waals surface area contributed by atoms with Gasteiger partial charge in [-0.3, -0.25) is 0 Å². The van der Waals surface area contributed by atoms with E-state index >= 15 is 0 Å². The number of nitrogens with one attached hydrogen (secondary N) is 2. The van der Waals surface area contributed by atoms with E-state index in [2.05, 4.69) is 32.6 Å². The van der Waals surface area contributed by atoms with Crippen molar-refractivity contribution < 1.29 is 9.53 Å². The lowest BCUT2D eigenvalue weighted by Crippen LogP contribution is -2.39. The zero-order chi connectivity index (χ0) is 15.2. The number of benzene rings is 1. The minimum absolute atomic E-state index is 0.159. The summed E-state index contributed by atoms with van der Waals surface area (Å²) in [6.07, 6.45) is -0.535. The molecule has 1 rings (SSSR count). The van der Waals surface area contributed by atoms with E-state index in [-0.39, 0.29) is 6.54 Å². The molecule has 0 heterocycles. The molecule has 0 aliphatic heterocycles. The number of carbonyl (C=O) groups is 1. The number of amides is 1. The van der Waals surface area contributed by atoms with Gasteiger partial charge in [-0.05, 0) is 48.8 Å². The number of alkyl carbamates (subject to hydrolysis) is 1. The van der Waals surface area contributed by atoms with Gasteiger partial charge in [0.25, 0.3) is 0 Å². The van der Waals surface area contributed by atoms with Crippen LogP contribution >= 0.6 is 15.9 Å². The first-order valence-electron chi connectivity index (χ1n) is 6.19. The van der Waals surface area contributed by atoms with Crippen molar-refractivity contribution in [1.82, 2.24) is 5.32 Å². The van der Waals surface area contributed by atoms with Crippen LogP contribution in [0, 0.1) is 11.3 Å². The van der Waals surface area contributed by atoms with E-state index in [9.17, 15) is 4.79 Å². The van der Waals surface area contributed by atoms with Crippen molar-refractivity contribution in [1.29, 1.82) is 5.26 Å². The number of carbonyl (C=O) groups excluding carboxylic acids is 1. The van der Waals surface area contributed by atoms with Gasteiger partial charge in [0, 0.05) is 10.2 Å². The minimum Gasteiger partial charge on any atom is -0.444 e. The Kier molecular flexibility index (Phi) is 5.83. The average Bonchev–Trinajstić information content (AvgIpc) is 2.34. The third-order valence-corrected chi connectivity index (χ3v) is 2.90. The zero-order valence-corrected chi connectivity index (χ0v) is 13.3. The highest BCUT2D eigenvalue weighted by Gasteiger charge is 2.17. The molecule has 0 saturated carbocycles. The highest BCUT2D eigenvalue weighted by Crippen LogP contribution is 2.21. The largest absolute Gasteiger partial charge is 0.444 e. The zero-order valence-electron chi connectivity index (χ0n) is 11.7. The molecule has 108 valence electrons. The minimum atomic E-state index is -0.553. The lowest BCUT2D eigenvalue weighted by molar-refractivity contribution is 0.0527. The highest BCUT2D eigenvalue weighted by atomic mass is 79.9. The lowest BCUT2D eigenvalue weighted by Gasteiger charge is -2.21. The summed E-state index contributed by atoms with van der Waals surface area (Å²) in [4.78, 5) is 11.5. The molecule has 0 aliphatic carbocycles. The number of anilines is 1. The van der Waals surface area contributed by atoms with Crippen LogP contribution in [0.1, 0.15) is 20.8 Å². The third-order valence-electron chi connectivity index (χ3n) is 2.21. The second kappa shape index (κ2) is 7.15. The topological polar surface area (TPSA) is 74.1 Å². The molecule has 0 radical (unpaired) electrons. The number of rotatable bonds is 4. The van der Waals surface area contributed by atoms with Gasteiger partial charge in [0.1, 0.15) is 11.6 Å². The van der Waals surface area contributed by atoms with Crippen molar-refractivity contribution in [3.63, 3.8) is 0 Å². The van der Waals surface area contributed by atoms with Gasteiger partial charge in [0.05, 0.1) is 12.6 Å². The molecule has 0 aromatic heterocycles. The normalized spacial score (nSPS) is 12.2. The summed E-state index contributed by atoms with van der Waals surface area (Å²) in [5.41, 5.74) is 0.243. The second-order valence-electron chi connectivity index (χ2n) is 5.19. The van der Waals surface area contributed by atoms with Crippen LogP contribution in [0.4, 0.5) is 10.5 Å². The molecular weight excluding hydrogens is 322 g/mol. The van der Waals surface area contributed by atoms with E-state index in [0.717, 1.165) is 10.2 Å². The third kappa shape index (κ3) is 5.93. The number of hydrogen-bond donors (Lipinski definition) is 2. The Hall–Kier alpha value is -1.74. The molecule has 1 unspecified atom stereocenters. The second-order valence-corrected chi connectivity index (χ2v) is 6.04. The Balaban J connectivity index is 2.51. The van der Waals surface area contributed by atoms with Crippen molar-refractivity contribution in [3.05, 3.63) is 28.7 Å². The molecule has 1 atom stereocenters. The fourth-order valence-electron chi connectivity index (χ4n) is 1.39. The molecule has 0 aliphatic rings. The maximum absolute atomic E-state index is 11.5. The summed E-state index contributed by atoms with van der Waals surface area (Å²) < 4.78 is 5.97. The molecule has 0 fully saturated rings. The van der Waals surface area contributed by atoms with Crippen molar-refractivity contribution in [2.45, 2.75) is 32.4 Å². The number of nitrogens with zero attached hydrogens (tertiary/aromatic N) is 1. The SMILES string of the molecule is CC(C)(C)OC(=O)NCC(C#N)Nc1ccccc1Br. The van der Waals surface area contributed by atoms with E-state index < -0.39 is 17.7 Å². The first-order chi connectivity index (χ1) is 9.31. The molecular formula is C14H18BrN3O2. The van der Waals surface area contributed by atoms with Crippen molar-refractivity contribution in [2.75, 3.05) is 11.9 Å². The van der Waals surface area contributed by atoms with Gasteiger partial charge in [0.2, 0.25) is 0 Å². The van der Waals surface area contributed by atoms with Crippen molar-refractivity contribution in [3.8, 4) is 6.07 Å². The number of nitriles is 1. The average molecular weight is 340 g/mol. The molecule has 0 bridgehead atoms. The first kappa shape index (κ1) is 16.3. The number of para-hydroxylation sites is 1. The Labute approximate surface area is 127 Å². The molecule has 6 heteroatoms. The maximum atomic E-state index is 11.5. The van der Waals surface area contributed by atoms with Crippen LogP contribution in [0.25, 0.3) is 0 Å². The smallest absolute Gasteiger partial charge is 0.407 e. The van der Waals surface area contributed by atoms with E-state index in [1.54, 1.807) is 20.8 Å². The molecule has 2 N–H and O–H groups in total. The Morgan fingerprint density at radius 3 is 2.65 bits per heavy atom. The van der Waals surface area contributed by atoms with Gasteiger partial charge in [-0.15, -0.1) is 0 Å². The molecule has 1 aromatic carbocycles. The van der Waals surface area contributed by atoms with Gasteiger partial charge in [-0.25, -0.2) is 4.79 Å². The monoisotopic (exact) mass is 339 g/mol. The fourth-order valence-corrected chi connectivity index (χ4v) is 1.79. The standard InChI is InChI=1S/C14H18BrN3O2/c1-14(2,3)20-13(19)17-9-10(8-16)18-12-7-5-4-6-11(12)15/h4-7,10,18H,9H2,1-3H3,(H,17,19). The Morgan fingerprint density at radius 2 is 2.10 bits per heavy atom. The predicted octanol–water partition coefficient (Wildman–Crippen LogP) is 3.28. The van der Waals surface area contributed by atoms with Gasteiger partial charge in [-0.1, -0.05) is 12.1 Å². The first-order valence-corrected chi connectivity index (χ1v) is 6.98. The van der Waals surface area contributed by atoms with E-state index in [0.29, 0.717) is 0 Å². The van der Waals surface area contributed by atoms with E-state index in [4.69, 9.17) is 10.00 Å². The Morgan fingerprint density at radius 1 is 1.45 bits per heavy atom. The molecule has 5 nitrogen and oxygen atoms in total. The molecule has 0 spiro atoms. The highest BCUT2D eigenvalue weighted by molar-refractivity contribution is 9.10.